The Hall–Kier alpha value is -1.84. The van der Waals surface area contributed by atoms with Crippen molar-refractivity contribution in [3.05, 3.63) is 35.9 Å². The largest absolute Gasteiger partial charge is 0.477 e. The molecule has 4 nitrogen and oxygen atoms in total. The fraction of sp³-hybridized carbons (Fsp3) is 0.273. The fourth-order valence-corrected chi connectivity index (χ4v) is 1.68. The minimum atomic E-state index is -0.920. The normalized spacial score (nSPS) is 10.7. The lowest BCUT2D eigenvalue weighted by molar-refractivity contribution is 0.0688. The Kier molecular flexibility index (Phi) is 2.41. The van der Waals surface area contributed by atoms with E-state index in [1.54, 1.807) is 22.7 Å². The highest BCUT2D eigenvalue weighted by Crippen LogP contribution is 2.12. The Bertz CT molecular complexity index is 502. The lowest BCUT2D eigenvalue weighted by Gasteiger charge is -2.03. The van der Waals surface area contributed by atoms with E-state index in [0.29, 0.717) is 0 Å². The number of aromatic nitrogens is 2. The third kappa shape index (κ3) is 1.58. The standard InChI is InChI=1S/C11H12N2O2/c1-2-4-10-12-7-8-5-3-6-9(11(14)15)13(8)10/h3,5-7H,2,4H2,1H3,(H,14,15). The molecule has 0 saturated carbocycles. The molecule has 0 amide bonds. The zero-order chi connectivity index (χ0) is 10.8. The number of carboxylic acid groups (broad SMARTS) is 1. The van der Waals surface area contributed by atoms with Crippen LogP contribution >= 0.6 is 0 Å². The molecule has 0 radical (unpaired) electrons. The number of nitrogens with zero attached hydrogens (tertiary/aromatic N) is 2. The minimum Gasteiger partial charge on any atom is -0.477 e. The van der Waals surface area contributed by atoms with Crippen molar-refractivity contribution >= 4 is 11.5 Å². The van der Waals surface area contributed by atoms with Gasteiger partial charge in [0.1, 0.15) is 11.5 Å². The van der Waals surface area contributed by atoms with Crippen molar-refractivity contribution in [2.75, 3.05) is 0 Å². The third-order valence-electron chi connectivity index (χ3n) is 2.32. The van der Waals surface area contributed by atoms with E-state index in [2.05, 4.69) is 4.98 Å². The molecular formula is C11H12N2O2. The van der Waals surface area contributed by atoms with Crippen molar-refractivity contribution in [2.24, 2.45) is 0 Å². The Morgan fingerprint density at radius 1 is 1.53 bits per heavy atom. The number of carbonyl (C=O) groups is 1. The molecule has 15 heavy (non-hydrogen) atoms. The molecule has 0 aliphatic carbocycles. The van der Waals surface area contributed by atoms with Crippen molar-refractivity contribution in [3.63, 3.8) is 0 Å². The van der Waals surface area contributed by atoms with Gasteiger partial charge in [0.2, 0.25) is 0 Å². The van der Waals surface area contributed by atoms with Gasteiger partial charge in [-0.15, -0.1) is 0 Å². The fourth-order valence-electron chi connectivity index (χ4n) is 1.68. The SMILES string of the molecule is CCCc1ncc2cccc(C(=O)O)n12. The number of aryl methyl sites for hydroxylation is 1. The van der Waals surface area contributed by atoms with Gasteiger partial charge in [-0.25, -0.2) is 9.78 Å². The average Bonchev–Trinajstić information content (AvgIpc) is 2.62. The van der Waals surface area contributed by atoms with E-state index in [4.69, 9.17) is 5.11 Å². The van der Waals surface area contributed by atoms with Gasteiger partial charge in [0.25, 0.3) is 0 Å². The van der Waals surface area contributed by atoms with E-state index in [1.165, 1.54) is 0 Å². The molecule has 0 aromatic carbocycles. The van der Waals surface area contributed by atoms with Gasteiger partial charge in [0.05, 0.1) is 11.7 Å². The van der Waals surface area contributed by atoms with E-state index < -0.39 is 5.97 Å². The van der Waals surface area contributed by atoms with Crippen LogP contribution in [0.25, 0.3) is 5.52 Å². The van der Waals surface area contributed by atoms with Crippen molar-refractivity contribution in [1.29, 1.82) is 0 Å². The maximum atomic E-state index is 11.0. The topological polar surface area (TPSA) is 54.6 Å². The molecule has 0 aliphatic heterocycles. The molecule has 2 aromatic heterocycles. The van der Waals surface area contributed by atoms with Gasteiger partial charge in [-0.05, 0) is 18.6 Å². The molecule has 0 fully saturated rings. The number of pyridine rings is 1. The van der Waals surface area contributed by atoms with Crippen molar-refractivity contribution in [2.45, 2.75) is 19.8 Å². The molecule has 2 rings (SSSR count). The third-order valence-corrected chi connectivity index (χ3v) is 2.32. The summed E-state index contributed by atoms with van der Waals surface area (Å²) in [5.41, 5.74) is 1.10. The molecule has 0 aliphatic rings. The second-order valence-electron chi connectivity index (χ2n) is 3.40. The van der Waals surface area contributed by atoms with Crippen LogP contribution in [0.1, 0.15) is 29.7 Å². The summed E-state index contributed by atoms with van der Waals surface area (Å²) in [6.07, 6.45) is 3.45. The number of rotatable bonds is 3. The summed E-state index contributed by atoms with van der Waals surface area (Å²) in [5.74, 6) is -0.110. The van der Waals surface area contributed by atoms with Crippen LogP contribution in [0, 0.1) is 0 Å². The summed E-state index contributed by atoms with van der Waals surface area (Å²) in [5, 5.41) is 9.05. The second kappa shape index (κ2) is 3.73. The van der Waals surface area contributed by atoms with Crippen LogP contribution in [-0.4, -0.2) is 20.5 Å². The number of imidazole rings is 1. The zero-order valence-electron chi connectivity index (χ0n) is 8.47. The van der Waals surface area contributed by atoms with Gasteiger partial charge in [0.15, 0.2) is 0 Å². The van der Waals surface area contributed by atoms with Gasteiger partial charge in [-0.3, -0.25) is 4.40 Å². The Morgan fingerprint density at radius 2 is 2.33 bits per heavy atom. The van der Waals surface area contributed by atoms with E-state index in [1.807, 2.05) is 13.0 Å². The van der Waals surface area contributed by atoms with Crippen LogP contribution in [0.15, 0.2) is 24.4 Å². The molecule has 1 N–H and O–H groups in total. The summed E-state index contributed by atoms with van der Waals surface area (Å²) in [4.78, 5) is 15.2. The van der Waals surface area contributed by atoms with Gasteiger partial charge < -0.3 is 5.11 Å². The molecular weight excluding hydrogens is 192 g/mol. The van der Waals surface area contributed by atoms with Gasteiger partial charge >= 0.3 is 5.97 Å². The number of fused-ring (bicyclic) bond motifs is 1. The number of hydrogen-bond acceptors (Lipinski definition) is 2. The summed E-state index contributed by atoms with van der Waals surface area (Å²) in [6, 6.07) is 5.19. The van der Waals surface area contributed by atoms with Crippen LogP contribution in [0.2, 0.25) is 0 Å². The second-order valence-corrected chi connectivity index (χ2v) is 3.40. The molecule has 0 atom stereocenters. The number of aromatic carboxylic acids is 1. The van der Waals surface area contributed by atoms with Crippen LogP contribution in [0.3, 0.4) is 0 Å². The first-order chi connectivity index (χ1) is 7.24. The van der Waals surface area contributed by atoms with Crippen LogP contribution < -0.4 is 0 Å². The smallest absolute Gasteiger partial charge is 0.352 e. The summed E-state index contributed by atoms with van der Waals surface area (Å²) >= 11 is 0. The quantitative estimate of drug-likeness (QED) is 0.831. The molecule has 0 spiro atoms. The first kappa shape index (κ1) is 9.71. The van der Waals surface area contributed by atoms with Gasteiger partial charge in [0, 0.05) is 6.42 Å². The van der Waals surface area contributed by atoms with Crippen molar-refractivity contribution in [1.82, 2.24) is 9.38 Å². The molecule has 2 heterocycles. The molecule has 78 valence electrons. The lowest BCUT2D eigenvalue weighted by atomic mass is 10.3. The Labute approximate surface area is 87.2 Å². The van der Waals surface area contributed by atoms with Crippen LogP contribution in [-0.2, 0) is 6.42 Å². The summed E-state index contributed by atoms with van der Waals surface area (Å²) < 4.78 is 1.70. The highest BCUT2D eigenvalue weighted by atomic mass is 16.4. The summed E-state index contributed by atoms with van der Waals surface area (Å²) in [6.45, 7) is 2.05. The summed E-state index contributed by atoms with van der Waals surface area (Å²) in [7, 11) is 0. The first-order valence-electron chi connectivity index (χ1n) is 4.92. The van der Waals surface area contributed by atoms with Crippen LogP contribution in [0.5, 0.6) is 0 Å². The maximum absolute atomic E-state index is 11.0. The molecule has 0 bridgehead atoms. The molecule has 4 heteroatoms. The highest BCUT2D eigenvalue weighted by molar-refractivity contribution is 5.86. The Morgan fingerprint density at radius 3 is 3.00 bits per heavy atom. The van der Waals surface area contributed by atoms with Gasteiger partial charge in [-0.1, -0.05) is 13.0 Å². The minimum absolute atomic E-state index is 0.272. The van der Waals surface area contributed by atoms with E-state index in [0.717, 1.165) is 24.2 Å². The molecule has 0 unspecified atom stereocenters. The zero-order valence-corrected chi connectivity index (χ0v) is 8.47. The molecule has 2 aromatic rings. The Balaban J connectivity index is 2.69. The number of carboxylic acids is 1. The van der Waals surface area contributed by atoms with Crippen molar-refractivity contribution in [3.8, 4) is 0 Å². The number of hydrogen-bond donors (Lipinski definition) is 1. The van der Waals surface area contributed by atoms with Gasteiger partial charge in [-0.2, -0.15) is 0 Å². The predicted molar refractivity (Wildman–Crippen MR) is 56.1 cm³/mol. The van der Waals surface area contributed by atoms with E-state index in [-0.39, 0.29) is 5.69 Å². The maximum Gasteiger partial charge on any atom is 0.352 e. The molecule has 0 saturated heterocycles. The lowest BCUT2D eigenvalue weighted by Crippen LogP contribution is -2.07. The highest BCUT2D eigenvalue weighted by Gasteiger charge is 2.11. The monoisotopic (exact) mass is 204 g/mol. The van der Waals surface area contributed by atoms with E-state index in [9.17, 15) is 4.79 Å². The van der Waals surface area contributed by atoms with Crippen molar-refractivity contribution < 1.29 is 9.90 Å². The average molecular weight is 204 g/mol. The van der Waals surface area contributed by atoms with E-state index >= 15 is 0 Å². The predicted octanol–water partition coefficient (Wildman–Crippen LogP) is 1.99. The van der Waals surface area contributed by atoms with Crippen LogP contribution in [0.4, 0.5) is 0 Å². The first-order valence-corrected chi connectivity index (χ1v) is 4.92.